The third-order valence-corrected chi connectivity index (χ3v) is 2.48. The van der Waals surface area contributed by atoms with Gasteiger partial charge in [0, 0.05) is 17.9 Å². The number of rotatable bonds is 4. The number of benzene rings is 2. The van der Waals surface area contributed by atoms with Gasteiger partial charge in [0.25, 0.3) is 0 Å². The molecule has 2 aromatic rings. The molecule has 0 fully saturated rings. The lowest BCUT2D eigenvalue weighted by Gasteiger charge is -2.09. The Kier molecular flexibility index (Phi) is 4.13. The summed E-state index contributed by atoms with van der Waals surface area (Å²) in [6, 6.07) is 18.7. The van der Waals surface area contributed by atoms with Gasteiger partial charge in [-0.3, -0.25) is 4.99 Å². The van der Waals surface area contributed by atoms with E-state index in [1.54, 1.807) is 0 Å². The molecule has 2 heteroatoms. The molecule has 0 aliphatic rings. The van der Waals surface area contributed by atoms with Gasteiger partial charge in [-0.1, -0.05) is 30.3 Å². The zero-order chi connectivity index (χ0) is 12.8. The molecule has 0 amide bonds. The molecule has 2 nitrogen and oxygen atoms in total. The standard InChI is InChI=1S/C16H18N2/c1-13(2)18-16-10-8-15(9-11-16)17-12-14-6-4-3-5-7-14/h3-13,18H,1-2H3. The van der Waals surface area contributed by atoms with E-state index in [1.165, 1.54) is 0 Å². The van der Waals surface area contributed by atoms with Gasteiger partial charge in [0.05, 0.1) is 5.69 Å². The summed E-state index contributed by atoms with van der Waals surface area (Å²) in [5.41, 5.74) is 3.21. The summed E-state index contributed by atoms with van der Waals surface area (Å²) in [7, 11) is 0. The summed E-state index contributed by atoms with van der Waals surface area (Å²) in [5.74, 6) is 0. The van der Waals surface area contributed by atoms with Crippen LogP contribution in [0.2, 0.25) is 0 Å². The average Bonchev–Trinajstić information content (AvgIpc) is 2.38. The highest BCUT2D eigenvalue weighted by atomic mass is 14.9. The predicted molar refractivity (Wildman–Crippen MR) is 78.9 cm³/mol. The smallest absolute Gasteiger partial charge is 0.0631 e. The first-order chi connectivity index (χ1) is 8.74. The van der Waals surface area contributed by atoms with Crippen LogP contribution >= 0.6 is 0 Å². The average molecular weight is 238 g/mol. The molecule has 0 bridgehead atoms. The number of nitrogens with zero attached hydrogens (tertiary/aromatic N) is 1. The van der Waals surface area contributed by atoms with Gasteiger partial charge in [-0.05, 0) is 43.7 Å². The normalized spacial score (nSPS) is 11.1. The molecule has 0 heterocycles. The second-order valence-electron chi connectivity index (χ2n) is 4.51. The lowest BCUT2D eigenvalue weighted by atomic mass is 10.2. The van der Waals surface area contributed by atoms with E-state index < -0.39 is 0 Å². The molecule has 0 atom stereocenters. The fourth-order valence-corrected chi connectivity index (χ4v) is 1.67. The van der Waals surface area contributed by atoms with E-state index >= 15 is 0 Å². The maximum Gasteiger partial charge on any atom is 0.0631 e. The minimum Gasteiger partial charge on any atom is -0.383 e. The summed E-state index contributed by atoms with van der Waals surface area (Å²) in [5, 5.41) is 3.35. The molecule has 0 spiro atoms. The summed E-state index contributed by atoms with van der Waals surface area (Å²) in [6.45, 7) is 4.25. The molecular weight excluding hydrogens is 220 g/mol. The third kappa shape index (κ3) is 3.74. The van der Waals surface area contributed by atoms with Crippen LogP contribution in [0.25, 0.3) is 0 Å². The Morgan fingerprint density at radius 2 is 1.61 bits per heavy atom. The number of nitrogens with one attached hydrogen (secondary N) is 1. The Balaban J connectivity index is 2.04. The van der Waals surface area contributed by atoms with Crippen LogP contribution in [-0.2, 0) is 0 Å². The Morgan fingerprint density at radius 3 is 2.22 bits per heavy atom. The Hall–Kier alpha value is -2.09. The first kappa shape index (κ1) is 12.4. The first-order valence-electron chi connectivity index (χ1n) is 6.20. The Bertz CT molecular complexity index is 498. The molecule has 2 rings (SSSR count). The fourth-order valence-electron chi connectivity index (χ4n) is 1.67. The van der Waals surface area contributed by atoms with E-state index in [9.17, 15) is 0 Å². The van der Waals surface area contributed by atoms with Crippen molar-refractivity contribution in [1.82, 2.24) is 0 Å². The van der Waals surface area contributed by atoms with Crippen molar-refractivity contribution in [2.24, 2.45) is 4.99 Å². The number of anilines is 1. The van der Waals surface area contributed by atoms with Crippen LogP contribution in [0.4, 0.5) is 11.4 Å². The van der Waals surface area contributed by atoms with Crippen molar-refractivity contribution >= 4 is 17.6 Å². The van der Waals surface area contributed by atoms with Crippen molar-refractivity contribution in [2.45, 2.75) is 19.9 Å². The monoisotopic (exact) mass is 238 g/mol. The van der Waals surface area contributed by atoms with Crippen LogP contribution in [0.1, 0.15) is 19.4 Å². The maximum atomic E-state index is 4.44. The SMILES string of the molecule is CC(C)Nc1ccc(N=Cc2ccccc2)cc1. The molecule has 0 aliphatic carbocycles. The molecule has 0 saturated heterocycles. The van der Waals surface area contributed by atoms with Crippen molar-refractivity contribution in [3.8, 4) is 0 Å². The molecule has 0 radical (unpaired) electrons. The second-order valence-corrected chi connectivity index (χ2v) is 4.51. The van der Waals surface area contributed by atoms with Gasteiger partial charge in [0.1, 0.15) is 0 Å². The highest BCUT2D eigenvalue weighted by Crippen LogP contribution is 2.16. The lowest BCUT2D eigenvalue weighted by Crippen LogP contribution is -2.08. The minimum absolute atomic E-state index is 0.448. The van der Waals surface area contributed by atoms with Gasteiger partial charge in [0.2, 0.25) is 0 Å². The van der Waals surface area contributed by atoms with Crippen LogP contribution in [0.5, 0.6) is 0 Å². The largest absolute Gasteiger partial charge is 0.383 e. The fraction of sp³-hybridized carbons (Fsp3) is 0.188. The van der Waals surface area contributed by atoms with E-state index in [4.69, 9.17) is 0 Å². The lowest BCUT2D eigenvalue weighted by molar-refractivity contribution is 0.900. The van der Waals surface area contributed by atoms with Crippen LogP contribution in [0.15, 0.2) is 59.6 Å². The van der Waals surface area contributed by atoms with Crippen LogP contribution in [0.3, 0.4) is 0 Å². The van der Waals surface area contributed by atoms with E-state index in [0.29, 0.717) is 6.04 Å². The number of hydrogen-bond donors (Lipinski definition) is 1. The highest BCUT2D eigenvalue weighted by Gasteiger charge is 1.94. The summed E-state index contributed by atoms with van der Waals surface area (Å²) in [4.78, 5) is 4.44. The third-order valence-electron chi connectivity index (χ3n) is 2.48. The van der Waals surface area contributed by atoms with Gasteiger partial charge in [0.15, 0.2) is 0 Å². The summed E-state index contributed by atoms with van der Waals surface area (Å²) in [6.07, 6.45) is 1.88. The topological polar surface area (TPSA) is 24.4 Å². The summed E-state index contributed by atoms with van der Waals surface area (Å²) >= 11 is 0. The van der Waals surface area contributed by atoms with Gasteiger partial charge in [-0.15, -0.1) is 0 Å². The van der Waals surface area contributed by atoms with Crippen molar-refractivity contribution in [3.05, 3.63) is 60.2 Å². The Morgan fingerprint density at radius 1 is 0.944 bits per heavy atom. The van der Waals surface area contributed by atoms with E-state index in [0.717, 1.165) is 16.9 Å². The molecular formula is C16H18N2. The minimum atomic E-state index is 0.448. The van der Waals surface area contributed by atoms with Crippen LogP contribution in [-0.4, -0.2) is 12.3 Å². The van der Waals surface area contributed by atoms with Crippen LogP contribution < -0.4 is 5.32 Å². The number of hydrogen-bond acceptors (Lipinski definition) is 2. The second kappa shape index (κ2) is 6.01. The van der Waals surface area contributed by atoms with Gasteiger partial charge >= 0.3 is 0 Å². The quantitative estimate of drug-likeness (QED) is 0.791. The maximum absolute atomic E-state index is 4.44. The van der Waals surface area contributed by atoms with Crippen molar-refractivity contribution in [1.29, 1.82) is 0 Å². The Labute approximate surface area is 108 Å². The molecule has 0 aliphatic heterocycles. The van der Waals surface area contributed by atoms with E-state index in [-0.39, 0.29) is 0 Å². The molecule has 1 N–H and O–H groups in total. The van der Waals surface area contributed by atoms with Gasteiger partial charge in [-0.25, -0.2) is 0 Å². The number of aliphatic imine (C=N–C) groups is 1. The van der Waals surface area contributed by atoms with Crippen molar-refractivity contribution in [2.75, 3.05) is 5.32 Å². The van der Waals surface area contributed by atoms with Gasteiger partial charge in [-0.2, -0.15) is 0 Å². The highest BCUT2D eigenvalue weighted by molar-refractivity contribution is 5.81. The zero-order valence-electron chi connectivity index (χ0n) is 10.8. The van der Waals surface area contributed by atoms with Gasteiger partial charge < -0.3 is 5.32 Å². The first-order valence-corrected chi connectivity index (χ1v) is 6.20. The molecule has 0 saturated carbocycles. The predicted octanol–water partition coefficient (Wildman–Crippen LogP) is 4.26. The van der Waals surface area contributed by atoms with E-state index in [1.807, 2.05) is 48.7 Å². The van der Waals surface area contributed by atoms with Crippen LogP contribution in [0, 0.1) is 0 Å². The summed E-state index contributed by atoms with van der Waals surface area (Å²) < 4.78 is 0. The molecule has 0 aromatic heterocycles. The van der Waals surface area contributed by atoms with Crippen molar-refractivity contribution in [3.63, 3.8) is 0 Å². The molecule has 18 heavy (non-hydrogen) atoms. The molecule has 92 valence electrons. The molecule has 2 aromatic carbocycles. The molecule has 0 unspecified atom stereocenters. The van der Waals surface area contributed by atoms with Crippen molar-refractivity contribution < 1.29 is 0 Å². The van der Waals surface area contributed by atoms with E-state index in [2.05, 4.69) is 36.3 Å². The zero-order valence-corrected chi connectivity index (χ0v) is 10.8.